The molecule has 0 saturated carbocycles. The van der Waals surface area contributed by atoms with Gasteiger partial charge in [0.25, 0.3) is 0 Å². The molecule has 0 radical (unpaired) electrons. The Morgan fingerprint density at radius 2 is 2.05 bits per heavy atom. The summed E-state index contributed by atoms with van der Waals surface area (Å²) in [4.78, 5) is 13.9. The Morgan fingerprint density at radius 3 is 2.73 bits per heavy atom. The fourth-order valence-corrected chi connectivity index (χ4v) is 2.81. The van der Waals surface area contributed by atoms with Crippen molar-refractivity contribution < 1.29 is 4.79 Å². The second-order valence-electron chi connectivity index (χ2n) is 4.78. The van der Waals surface area contributed by atoms with Crippen molar-refractivity contribution in [3.05, 3.63) is 50.6 Å². The summed E-state index contributed by atoms with van der Waals surface area (Å²) in [6.45, 7) is 2.79. The predicted octanol–water partition coefficient (Wildman–Crippen LogP) is 4.16. The summed E-state index contributed by atoms with van der Waals surface area (Å²) in [6.07, 6.45) is 2.88. The maximum Gasteiger partial charge on any atom is 0.240 e. The Bertz CT molecular complexity index is 637. The summed E-state index contributed by atoms with van der Waals surface area (Å²) in [5, 5.41) is 7.24. The van der Waals surface area contributed by atoms with E-state index in [0.29, 0.717) is 6.42 Å². The minimum atomic E-state index is -0.0675. The van der Waals surface area contributed by atoms with E-state index in [1.165, 1.54) is 4.88 Å². The van der Waals surface area contributed by atoms with E-state index >= 15 is 0 Å². The highest BCUT2D eigenvalue weighted by molar-refractivity contribution is 9.10. The van der Waals surface area contributed by atoms with Crippen molar-refractivity contribution in [2.24, 2.45) is 5.10 Å². The summed E-state index contributed by atoms with van der Waals surface area (Å²) in [7, 11) is 0. The first-order valence-corrected chi connectivity index (χ1v) is 8.62. The lowest BCUT2D eigenvalue weighted by molar-refractivity contribution is -0.121. The van der Waals surface area contributed by atoms with E-state index in [0.717, 1.165) is 28.0 Å². The van der Waals surface area contributed by atoms with Crippen molar-refractivity contribution in [1.82, 2.24) is 5.43 Å². The van der Waals surface area contributed by atoms with E-state index in [2.05, 4.69) is 31.8 Å². The van der Waals surface area contributed by atoms with Crippen molar-refractivity contribution in [3.63, 3.8) is 0 Å². The molecule has 1 amide bonds. The third-order valence-electron chi connectivity index (χ3n) is 2.90. The summed E-state index contributed by atoms with van der Waals surface area (Å²) in [5.74, 6) is -0.0675. The molecule has 0 saturated heterocycles. The zero-order valence-electron chi connectivity index (χ0n) is 12.3. The summed E-state index contributed by atoms with van der Waals surface area (Å²) >= 11 is 5.04. The van der Waals surface area contributed by atoms with E-state index in [-0.39, 0.29) is 5.91 Å². The molecule has 4 nitrogen and oxygen atoms in total. The van der Waals surface area contributed by atoms with Gasteiger partial charge in [0, 0.05) is 32.9 Å². The van der Waals surface area contributed by atoms with Crippen molar-refractivity contribution in [3.8, 4) is 0 Å². The number of nitrogens with zero attached hydrogens (tertiary/aromatic N) is 1. The fraction of sp³-hybridized carbons (Fsp3) is 0.250. The number of anilines is 1. The van der Waals surface area contributed by atoms with E-state index in [4.69, 9.17) is 0 Å². The highest BCUT2D eigenvalue weighted by Gasteiger charge is 1.99. The van der Waals surface area contributed by atoms with Gasteiger partial charge in [0.2, 0.25) is 5.91 Å². The van der Waals surface area contributed by atoms with Crippen molar-refractivity contribution in [1.29, 1.82) is 0 Å². The monoisotopic (exact) mass is 379 g/mol. The third kappa shape index (κ3) is 5.99. The zero-order chi connectivity index (χ0) is 15.8. The molecule has 1 aromatic carbocycles. The van der Waals surface area contributed by atoms with Gasteiger partial charge in [-0.3, -0.25) is 4.79 Å². The summed E-state index contributed by atoms with van der Waals surface area (Å²) < 4.78 is 1.05. The molecule has 2 N–H and O–H groups in total. The molecule has 0 bridgehead atoms. The van der Waals surface area contributed by atoms with Crippen LogP contribution in [0.1, 0.15) is 22.6 Å². The van der Waals surface area contributed by atoms with Crippen LogP contribution in [0.15, 0.2) is 46.0 Å². The molecule has 0 fully saturated rings. The van der Waals surface area contributed by atoms with E-state index in [9.17, 15) is 4.79 Å². The molecule has 0 atom stereocenters. The second-order valence-corrected chi connectivity index (χ2v) is 7.01. The number of benzene rings is 1. The number of thiophene rings is 1. The van der Waals surface area contributed by atoms with E-state index in [1.54, 1.807) is 17.6 Å². The molecule has 0 aliphatic rings. The number of carbonyl (C=O) groups is 1. The van der Waals surface area contributed by atoms with Gasteiger partial charge in [-0.2, -0.15) is 5.10 Å². The van der Waals surface area contributed by atoms with Gasteiger partial charge in [-0.25, -0.2) is 5.43 Å². The lowest BCUT2D eigenvalue weighted by Crippen LogP contribution is -2.18. The van der Waals surface area contributed by atoms with Crippen LogP contribution >= 0.6 is 27.3 Å². The normalized spacial score (nSPS) is 10.8. The number of rotatable bonds is 7. The van der Waals surface area contributed by atoms with Gasteiger partial charge in [-0.1, -0.05) is 15.9 Å². The van der Waals surface area contributed by atoms with Crippen LogP contribution in [0, 0.1) is 6.92 Å². The van der Waals surface area contributed by atoms with Crippen LogP contribution in [0.4, 0.5) is 5.69 Å². The van der Waals surface area contributed by atoms with Gasteiger partial charge in [0.15, 0.2) is 0 Å². The first-order valence-electron chi connectivity index (χ1n) is 7.01. The molecule has 2 aromatic rings. The van der Waals surface area contributed by atoms with Crippen molar-refractivity contribution in [2.75, 3.05) is 11.9 Å². The van der Waals surface area contributed by atoms with E-state index in [1.807, 2.05) is 43.3 Å². The van der Waals surface area contributed by atoms with E-state index < -0.39 is 0 Å². The highest BCUT2D eigenvalue weighted by Crippen LogP contribution is 2.14. The predicted molar refractivity (Wildman–Crippen MR) is 96.7 cm³/mol. The van der Waals surface area contributed by atoms with Crippen LogP contribution in [0.2, 0.25) is 0 Å². The number of aryl methyl sites for hydroxylation is 1. The highest BCUT2D eigenvalue weighted by atomic mass is 79.9. The van der Waals surface area contributed by atoms with Crippen LogP contribution in [-0.4, -0.2) is 18.7 Å². The number of hydrazone groups is 1. The van der Waals surface area contributed by atoms with Crippen LogP contribution in [0.25, 0.3) is 0 Å². The quantitative estimate of drug-likeness (QED) is 0.431. The molecule has 0 unspecified atom stereocenters. The molecule has 1 heterocycles. The molecular weight excluding hydrogens is 362 g/mol. The number of carbonyl (C=O) groups excluding carboxylic acids is 1. The first kappa shape index (κ1) is 16.7. The van der Waals surface area contributed by atoms with Gasteiger partial charge in [-0.05, 0) is 49.7 Å². The topological polar surface area (TPSA) is 53.5 Å². The lowest BCUT2D eigenvalue weighted by Gasteiger charge is -2.05. The van der Waals surface area contributed by atoms with Crippen molar-refractivity contribution in [2.45, 2.75) is 19.8 Å². The summed E-state index contributed by atoms with van der Waals surface area (Å²) in [6, 6.07) is 12.0. The Kier molecular flexibility index (Phi) is 6.61. The van der Waals surface area contributed by atoms with Gasteiger partial charge >= 0.3 is 0 Å². The molecule has 22 heavy (non-hydrogen) atoms. The molecule has 0 spiro atoms. The molecule has 6 heteroatoms. The van der Waals surface area contributed by atoms with Gasteiger partial charge < -0.3 is 5.32 Å². The standard InChI is InChI=1S/C16H18BrN3OS/c1-12-4-9-15(22-12)11-19-20-16(21)3-2-10-18-14-7-5-13(17)6-8-14/h4-9,11,18H,2-3,10H2,1H3,(H,20,21). The molecule has 1 aromatic heterocycles. The molecule has 116 valence electrons. The molecular formula is C16H18BrN3OS. The van der Waals surface area contributed by atoms with Crippen LogP contribution in [0.3, 0.4) is 0 Å². The number of hydrogen-bond donors (Lipinski definition) is 2. The van der Waals surface area contributed by atoms with Crippen LogP contribution in [-0.2, 0) is 4.79 Å². The smallest absolute Gasteiger partial charge is 0.240 e. The summed E-state index contributed by atoms with van der Waals surface area (Å²) in [5.41, 5.74) is 3.60. The van der Waals surface area contributed by atoms with Gasteiger partial charge in [0.1, 0.15) is 0 Å². The van der Waals surface area contributed by atoms with Crippen LogP contribution < -0.4 is 10.7 Å². The average Bonchev–Trinajstić information content (AvgIpc) is 2.91. The first-order chi connectivity index (χ1) is 10.6. The van der Waals surface area contributed by atoms with Crippen LogP contribution in [0.5, 0.6) is 0 Å². The number of nitrogens with one attached hydrogen (secondary N) is 2. The average molecular weight is 380 g/mol. The second kappa shape index (κ2) is 8.70. The SMILES string of the molecule is Cc1ccc(C=NNC(=O)CCCNc2ccc(Br)cc2)s1. The molecule has 2 rings (SSSR count). The van der Waals surface area contributed by atoms with Gasteiger partial charge in [0.05, 0.1) is 6.21 Å². The van der Waals surface area contributed by atoms with Crippen molar-refractivity contribution >= 4 is 45.1 Å². The third-order valence-corrected chi connectivity index (χ3v) is 4.36. The van der Waals surface area contributed by atoms with Gasteiger partial charge in [-0.15, -0.1) is 11.3 Å². The largest absolute Gasteiger partial charge is 0.385 e. The Balaban J connectivity index is 1.61. The molecule has 0 aliphatic heterocycles. The maximum absolute atomic E-state index is 11.6. The minimum absolute atomic E-state index is 0.0675. The number of halogens is 1. The minimum Gasteiger partial charge on any atom is -0.385 e. The fourth-order valence-electron chi connectivity index (χ4n) is 1.80. The lowest BCUT2D eigenvalue weighted by atomic mass is 10.2. The zero-order valence-corrected chi connectivity index (χ0v) is 14.7. The number of hydrogen-bond acceptors (Lipinski definition) is 4. The Morgan fingerprint density at radius 1 is 1.27 bits per heavy atom. The molecule has 0 aliphatic carbocycles. The Labute approximate surface area is 142 Å². The number of amides is 1. The maximum atomic E-state index is 11.6. The Hall–Kier alpha value is -1.66.